The molecule has 0 aromatic heterocycles. The molecule has 0 aliphatic heterocycles. The Balaban J connectivity index is 4.24. The van der Waals surface area contributed by atoms with Crippen LogP contribution in [-0.4, -0.2) is 49.3 Å². The Kier molecular flexibility index (Phi) is 8.25. The average molecular weight is 250 g/mol. The van der Waals surface area contributed by atoms with E-state index in [4.69, 9.17) is 21.4 Å². The van der Waals surface area contributed by atoms with E-state index in [1.165, 1.54) is 5.54 Å². The SMILES string of the molecule is CC(=CCl)C(=O)OC(CCCO)CN(C)C. The van der Waals surface area contributed by atoms with Gasteiger partial charge in [0.2, 0.25) is 0 Å². The Morgan fingerprint density at radius 2 is 2.19 bits per heavy atom. The van der Waals surface area contributed by atoms with Crippen molar-refractivity contribution in [3.05, 3.63) is 11.1 Å². The van der Waals surface area contributed by atoms with Gasteiger partial charge in [-0.2, -0.15) is 0 Å². The molecular formula is C11H20ClNO3. The predicted molar refractivity (Wildman–Crippen MR) is 64.4 cm³/mol. The molecule has 16 heavy (non-hydrogen) atoms. The number of nitrogens with zero attached hydrogens (tertiary/aromatic N) is 1. The lowest BCUT2D eigenvalue weighted by Crippen LogP contribution is -2.30. The normalized spacial score (nSPS) is 14.0. The Labute approximate surface area is 102 Å². The number of rotatable bonds is 7. The Morgan fingerprint density at radius 3 is 2.62 bits per heavy atom. The second kappa shape index (κ2) is 8.56. The van der Waals surface area contributed by atoms with Crippen molar-refractivity contribution in [2.75, 3.05) is 27.2 Å². The topological polar surface area (TPSA) is 49.8 Å². The fraction of sp³-hybridized carbons (Fsp3) is 0.727. The first-order valence-electron chi connectivity index (χ1n) is 5.24. The van der Waals surface area contributed by atoms with Gasteiger partial charge in [-0.25, -0.2) is 4.79 Å². The van der Waals surface area contributed by atoms with E-state index in [-0.39, 0.29) is 12.7 Å². The van der Waals surface area contributed by atoms with Gasteiger partial charge < -0.3 is 14.7 Å². The van der Waals surface area contributed by atoms with E-state index in [9.17, 15) is 4.79 Å². The number of likely N-dealkylation sites (N-methyl/N-ethyl adjacent to an activating group) is 1. The minimum Gasteiger partial charge on any atom is -0.458 e. The third kappa shape index (κ3) is 6.82. The minimum atomic E-state index is -0.403. The van der Waals surface area contributed by atoms with Crippen LogP contribution < -0.4 is 0 Å². The zero-order valence-corrected chi connectivity index (χ0v) is 10.8. The quantitative estimate of drug-likeness (QED) is 0.547. The van der Waals surface area contributed by atoms with Gasteiger partial charge >= 0.3 is 5.97 Å². The van der Waals surface area contributed by atoms with Gasteiger partial charge in [-0.15, -0.1) is 0 Å². The molecule has 0 saturated carbocycles. The summed E-state index contributed by atoms with van der Waals surface area (Å²) in [6, 6.07) is 0. The van der Waals surface area contributed by atoms with Crippen molar-refractivity contribution in [1.29, 1.82) is 0 Å². The number of ether oxygens (including phenoxy) is 1. The van der Waals surface area contributed by atoms with Crippen LogP contribution in [-0.2, 0) is 9.53 Å². The molecule has 0 aliphatic rings. The van der Waals surface area contributed by atoms with Gasteiger partial charge in [0.05, 0.1) is 0 Å². The first-order chi connectivity index (χ1) is 7.51. The smallest absolute Gasteiger partial charge is 0.334 e. The van der Waals surface area contributed by atoms with Crippen LogP contribution in [0.5, 0.6) is 0 Å². The third-order valence-electron chi connectivity index (χ3n) is 2.01. The first-order valence-corrected chi connectivity index (χ1v) is 5.68. The van der Waals surface area contributed by atoms with Crippen LogP contribution in [0.15, 0.2) is 11.1 Å². The van der Waals surface area contributed by atoms with Gasteiger partial charge in [0.25, 0.3) is 0 Å². The molecule has 4 nitrogen and oxygen atoms in total. The lowest BCUT2D eigenvalue weighted by atomic mass is 10.2. The van der Waals surface area contributed by atoms with Crippen LogP contribution >= 0.6 is 11.6 Å². The van der Waals surface area contributed by atoms with Crippen molar-refractivity contribution < 1.29 is 14.6 Å². The zero-order chi connectivity index (χ0) is 12.6. The maximum atomic E-state index is 11.5. The Morgan fingerprint density at radius 1 is 1.56 bits per heavy atom. The van der Waals surface area contributed by atoms with Gasteiger partial charge in [0, 0.05) is 24.3 Å². The van der Waals surface area contributed by atoms with Crippen LogP contribution in [0.25, 0.3) is 0 Å². The molecule has 0 aromatic carbocycles. The molecule has 0 radical (unpaired) electrons. The van der Waals surface area contributed by atoms with Crippen molar-refractivity contribution in [3.63, 3.8) is 0 Å². The Bertz CT molecular complexity index is 241. The van der Waals surface area contributed by atoms with Crippen molar-refractivity contribution in [2.24, 2.45) is 0 Å². The van der Waals surface area contributed by atoms with E-state index >= 15 is 0 Å². The van der Waals surface area contributed by atoms with Gasteiger partial charge in [-0.1, -0.05) is 11.6 Å². The molecule has 1 atom stereocenters. The number of hydrogen-bond donors (Lipinski definition) is 1. The van der Waals surface area contributed by atoms with E-state index in [1.54, 1.807) is 6.92 Å². The van der Waals surface area contributed by atoms with Crippen LogP contribution in [0, 0.1) is 0 Å². The molecule has 0 bridgehead atoms. The van der Waals surface area contributed by atoms with E-state index < -0.39 is 5.97 Å². The molecule has 0 aromatic rings. The van der Waals surface area contributed by atoms with Crippen molar-refractivity contribution >= 4 is 17.6 Å². The summed E-state index contributed by atoms with van der Waals surface area (Å²) in [6.07, 6.45) is 1.06. The minimum absolute atomic E-state index is 0.103. The first kappa shape index (κ1) is 15.4. The second-order valence-corrected chi connectivity index (χ2v) is 4.17. The standard InChI is InChI=1S/C11H20ClNO3/c1-9(7-12)11(15)16-10(5-4-6-14)8-13(2)3/h7,10,14H,4-6,8H2,1-3H3. The maximum absolute atomic E-state index is 11.5. The highest BCUT2D eigenvalue weighted by Crippen LogP contribution is 2.08. The monoisotopic (exact) mass is 249 g/mol. The molecule has 0 rings (SSSR count). The molecule has 0 saturated heterocycles. The lowest BCUT2D eigenvalue weighted by molar-refractivity contribution is -0.145. The summed E-state index contributed by atoms with van der Waals surface area (Å²) in [6.45, 7) is 2.35. The zero-order valence-electron chi connectivity index (χ0n) is 10.1. The van der Waals surface area contributed by atoms with E-state index in [0.717, 1.165) is 0 Å². The number of carbonyl (C=O) groups excluding carboxylic acids is 1. The van der Waals surface area contributed by atoms with Crippen molar-refractivity contribution in [1.82, 2.24) is 4.90 Å². The lowest BCUT2D eigenvalue weighted by Gasteiger charge is -2.21. The summed E-state index contributed by atoms with van der Waals surface area (Å²) in [7, 11) is 3.81. The molecular weight excluding hydrogens is 230 g/mol. The molecule has 0 heterocycles. The van der Waals surface area contributed by atoms with Crippen molar-refractivity contribution in [2.45, 2.75) is 25.9 Å². The van der Waals surface area contributed by atoms with Crippen molar-refractivity contribution in [3.8, 4) is 0 Å². The van der Waals surface area contributed by atoms with Gasteiger partial charge in [-0.05, 0) is 33.9 Å². The largest absolute Gasteiger partial charge is 0.458 e. The molecule has 5 heteroatoms. The highest BCUT2D eigenvalue weighted by molar-refractivity contribution is 6.27. The molecule has 1 unspecified atom stereocenters. The van der Waals surface area contributed by atoms with Crippen LogP contribution in [0.1, 0.15) is 19.8 Å². The van der Waals surface area contributed by atoms with Crippen LogP contribution in [0.4, 0.5) is 0 Å². The summed E-state index contributed by atoms with van der Waals surface area (Å²) < 4.78 is 5.27. The predicted octanol–water partition coefficient (Wildman–Crippen LogP) is 1.37. The van der Waals surface area contributed by atoms with E-state index in [2.05, 4.69) is 0 Å². The van der Waals surface area contributed by atoms with Gasteiger partial charge in [0.15, 0.2) is 0 Å². The average Bonchev–Trinajstić information content (AvgIpc) is 2.23. The van der Waals surface area contributed by atoms with Gasteiger partial charge in [0.1, 0.15) is 6.10 Å². The molecule has 94 valence electrons. The number of aliphatic hydroxyl groups excluding tert-OH is 1. The number of esters is 1. The highest BCUT2D eigenvalue weighted by atomic mass is 35.5. The van der Waals surface area contributed by atoms with Crippen LogP contribution in [0.2, 0.25) is 0 Å². The summed E-state index contributed by atoms with van der Waals surface area (Å²) in [5.41, 5.74) is 1.59. The number of aliphatic hydroxyl groups is 1. The van der Waals surface area contributed by atoms with Gasteiger partial charge in [-0.3, -0.25) is 0 Å². The fourth-order valence-electron chi connectivity index (χ4n) is 1.20. The Hall–Kier alpha value is -0.580. The molecule has 0 amide bonds. The molecule has 0 aliphatic carbocycles. The summed E-state index contributed by atoms with van der Waals surface area (Å²) >= 11 is 5.43. The summed E-state index contributed by atoms with van der Waals surface area (Å²) in [5, 5.41) is 8.75. The fourth-order valence-corrected chi connectivity index (χ4v) is 1.29. The maximum Gasteiger partial charge on any atom is 0.334 e. The number of halogens is 1. The highest BCUT2D eigenvalue weighted by Gasteiger charge is 2.16. The number of hydrogen-bond acceptors (Lipinski definition) is 4. The molecule has 0 spiro atoms. The molecule has 1 N–H and O–H groups in total. The van der Waals surface area contributed by atoms with E-state index in [1.807, 2.05) is 19.0 Å². The van der Waals surface area contributed by atoms with E-state index in [0.29, 0.717) is 25.0 Å². The summed E-state index contributed by atoms with van der Waals surface area (Å²) in [4.78, 5) is 13.4. The number of carbonyl (C=O) groups is 1. The molecule has 0 fully saturated rings. The second-order valence-electron chi connectivity index (χ2n) is 3.95. The summed E-state index contributed by atoms with van der Waals surface area (Å²) in [5.74, 6) is -0.403. The third-order valence-corrected chi connectivity index (χ3v) is 2.34. The van der Waals surface area contributed by atoms with Crippen LogP contribution in [0.3, 0.4) is 0 Å².